The Balaban J connectivity index is 1.03. The van der Waals surface area contributed by atoms with Gasteiger partial charge in [-0.15, -0.1) is 0 Å². The van der Waals surface area contributed by atoms with Crippen LogP contribution < -0.4 is 0 Å². The van der Waals surface area contributed by atoms with Gasteiger partial charge in [-0.2, -0.15) is 0 Å². The van der Waals surface area contributed by atoms with Gasteiger partial charge in [0.15, 0.2) is 17.5 Å². The molecule has 0 bridgehead atoms. The molecule has 0 aliphatic rings. The second kappa shape index (κ2) is 21.3. The molecule has 0 amide bonds. The SMILES string of the molecule is c1ccc(-c2ccc3c(c2)c2cc(-c4ccccc4)ccc2n3-c2ccc(-c3nc(-c4ccccc4)nc(-c4ccccc4)n3)cc2-c2c(-c3ccccn3)cccc2-n2c3ccc(-c4ccccc4)cc3c3cc(-c4ccccc4)ccc32)cc1. The van der Waals surface area contributed by atoms with Crippen LogP contribution in [0.1, 0.15) is 0 Å². The number of benzene rings is 12. The molecular formula is C80H52N6. The van der Waals surface area contributed by atoms with Crippen LogP contribution in [0.2, 0.25) is 0 Å². The van der Waals surface area contributed by atoms with Gasteiger partial charge in [-0.25, -0.2) is 15.0 Å². The fraction of sp³-hybridized carbons (Fsp3) is 0. The maximum absolute atomic E-state index is 5.36. The number of pyridine rings is 1. The molecule has 16 rings (SSSR count). The van der Waals surface area contributed by atoms with E-state index in [1.165, 1.54) is 0 Å². The van der Waals surface area contributed by atoms with Crippen molar-refractivity contribution in [2.45, 2.75) is 0 Å². The van der Waals surface area contributed by atoms with E-state index in [1.54, 1.807) is 0 Å². The minimum atomic E-state index is 0.559. The highest BCUT2D eigenvalue weighted by atomic mass is 15.0. The highest BCUT2D eigenvalue weighted by molar-refractivity contribution is 6.14. The number of aromatic nitrogens is 6. The first-order valence-corrected chi connectivity index (χ1v) is 29.1. The van der Waals surface area contributed by atoms with E-state index in [4.69, 9.17) is 19.9 Å². The second-order valence-electron chi connectivity index (χ2n) is 21.7. The first-order valence-electron chi connectivity index (χ1n) is 29.1. The van der Waals surface area contributed by atoms with Gasteiger partial charge in [0.2, 0.25) is 0 Å². The lowest BCUT2D eigenvalue weighted by molar-refractivity contribution is 1.07. The summed E-state index contributed by atoms with van der Waals surface area (Å²) in [5, 5.41) is 4.60. The van der Waals surface area contributed by atoms with Gasteiger partial charge in [-0.3, -0.25) is 4.98 Å². The van der Waals surface area contributed by atoms with Crippen molar-refractivity contribution in [3.8, 4) is 112 Å². The number of hydrogen-bond acceptors (Lipinski definition) is 4. The standard InChI is InChI=1S/C80H52N6/c1-7-22-53(23-8-1)59-37-42-71-65(48-59)66-49-60(54-24-9-2-10-25-54)38-43-72(66)85(71)75-46-41-63(80-83-78(57-30-15-5-16-31-57)82-79(84-80)58-32-17-6-18-33-58)52-69(75)77-64(70-35-19-20-47-81-70)34-21-36-76(77)86-73-44-39-61(55-26-11-3-12-27-55)50-67(73)68-51-62(40-45-74(68)86)56-28-13-4-14-29-56/h1-52H. The molecule has 0 aliphatic carbocycles. The van der Waals surface area contributed by atoms with Crippen molar-refractivity contribution in [1.82, 2.24) is 29.1 Å². The molecule has 0 saturated heterocycles. The molecule has 4 heterocycles. The molecule has 16 aromatic rings. The lowest BCUT2D eigenvalue weighted by atomic mass is 9.92. The van der Waals surface area contributed by atoms with E-state index in [0.717, 1.165) is 139 Å². The molecule has 0 aliphatic heterocycles. The third-order valence-electron chi connectivity index (χ3n) is 16.6. The fourth-order valence-electron chi connectivity index (χ4n) is 12.6. The molecule has 0 radical (unpaired) electrons. The quantitative estimate of drug-likeness (QED) is 0.129. The molecule has 0 unspecified atom stereocenters. The van der Waals surface area contributed by atoms with Crippen LogP contribution in [0.4, 0.5) is 0 Å². The molecule has 0 atom stereocenters. The van der Waals surface area contributed by atoms with Crippen LogP contribution in [0, 0.1) is 0 Å². The lowest BCUT2D eigenvalue weighted by Gasteiger charge is -2.22. The van der Waals surface area contributed by atoms with E-state index in [1.807, 2.05) is 48.7 Å². The molecule has 0 fully saturated rings. The van der Waals surface area contributed by atoms with Crippen LogP contribution in [0.15, 0.2) is 316 Å². The summed E-state index contributed by atoms with van der Waals surface area (Å²) in [5.41, 5.74) is 22.0. The zero-order valence-corrected chi connectivity index (χ0v) is 46.7. The van der Waals surface area contributed by atoms with E-state index in [2.05, 4.69) is 276 Å². The van der Waals surface area contributed by atoms with Crippen LogP contribution >= 0.6 is 0 Å². The molecule has 4 aromatic heterocycles. The highest BCUT2D eigenvalue weighted by Gasteiger charge is 2.26. The summed E-state index contributed by atoms with van der Waals surface area (Å²) < 4.78 is 4.94. The number of hydrogen-bond donors (Lipinski definition) is 0. The predicted octanol–water partition coefficient (Wildman–Crippen LogP) is 20.5. The summed E-state index contributed by atoms with van der Waals surface area (Å²) in [6, 6.07) is 110. The van der Waals surface area contributed by atoms with Crippen molar-refractivity contribution >= 4 is 43.6 Å². The van der Waals surface area contributed by atoms with Crippen molar-refractivity contribution in [3.63, 3.8) is 0 Å². The highest BCUT2D eigenvalue weighted by Crippen LogP contribution is 2.47. The molecule has 402 valence electrons. The van der Waals surface area contributed by atoms with Gasteiger partial charge in [-0.05, 0) is 129 Å². The number of fused-ring (bicyclic) bond motifs is 6. The smallest absolute Gasteiger partial charge is 0.164 e. The van der Waals surface area contributed by atoms with Crippen molar-refractivity contribution in [3.05, 3.63) is 316 Å². The monoisotopic (exact) mass is 1100 g/mol. The average molecular weight is 1100 g/mol. The Bertz CT molecular complexity index is 4930. The summed E-state index contributed by atoms with van der Waals surface area (Å²) in [7, 11) is 0. The Hall–Kier alpha value is -11.6. The van der Waals surface area contributed by atoms with Crippen LogP contribution in [-0.2, 0) is 0 Å². The zero-order chi connectivity index (χ0) is 56.9. The van der Waals surface area contributed by atoms with Gasteiger partial charge in [0.25, 0.3) is 0 Å². The Kier molecular flexibility index (Phi) is 12.4. The summed E-state index contributed by atoms with van der Waals surface area (Å²) in [4.78, 5) is 21.0. The molecule has 6 heteroatoms. The van der Waals surface area contributed by atoms with Crippen molar-refractivity contribution in [1.29, 1.82) is 0 Å². The first kappa shape index (κ1) is 50.2. The predicted molar refractivity (Wildman–Crippen MR) is 355 cm³/mol. The topological polar surface area (TPSA) is 61.4 Å². The number of rotatable bonds is 11. The van der Waals surface area contributed by atoms with Crippen LogP contribution in [0.5, 0.6) is 0 Å². The maximum atomic E-state index is 5.36. The normalized spacial score (nSPS) is 11.5. The van der Waals surface area contributed by atoms with E-state index >= 15 is 0 Å². The minimum absolute atomic E-state index is 0.559. The van der Waals surface area contributed by atoms with Gasteiger partial charge in [0, 0.05) is 61.1 Å². The van der Waals surface area contributed by atoms with E-state index in [9.17, 15) is 0 Å². The molecule has 12 aromatic carbocycles. The summed E-state index contributed by atoms with van der Waals surface area (Å²) >= 11 is 0. The van der Waals surface area contributed by atoms with Crippen molar-refractivity contribution < 1.29 is 0 Å². The summed E-state index contributed by atoms with van der Waals surface area (Å²) in [6.45, 7) is 0. The molecular weight excluding hydrogens is 1040 g/mol. The Morgan fingerprint density at radius 1 is 0.221 bits per heavy atom. The summed E-state index contributed by atoms with van der Waals surface area (Å²) in [5.74, 6) is 1.74. The van der Waals surface area contributed by atoms with E-state index < -0.39 is 0 Å². The van der Waals surface area contributed by atoms with Crippen molar-refractivity contribution in [2.24, 2.45) is 0 Å². The second-order valence-corrected chi connectivity index (χ2v) is 21.7. The molecule has 0 spiro atoms. The maximum Gasteiger partial charge on any atom is 0.164 e. The van der Waals surface area contributed by atoms with Gasteiger partial charge < -0.3 is 9.13 Å². The van der Waals surface area contributed by atoms with Crippen molar-refractivity contribution in [2.75, 3.05) is 0 Å². The Morgan fingerprint density at radius 2 is 0.570 bits per heavy atom. The third-order valence-corrected chi connectivity index (χ3v) is 16.6. The van der Waals surface area contributed by atoms with E-state index in [-0.39, 0.29) is 0 Å². The van der Waals surface area contributed by atoms with Gasteiger partial charge >= 0.3 is 0 Å². The lowest BCUT2D eigenvalue weighted by Crippen LogP contribution is -2.05. The molecule has 0 N–H and O–H groups in total. The zero-order valence-electron chi connectivity index (χ0n) is 46.7. The fourth-order valence-corrected chi connectivity index (χ4v) is 12.6. The largest absolute Gasteiger partial charge is 0.309 e. The summed E-state index contributed by atoms with van der Waals surface area (Å²) in [6.07, 6.45) is 1.89. The van der Waals surface area contributed by atoms with Crippen LogP contribution in [0.3, 0.4) is 0 Å². The molecule has 6 nitrogen and oxygen atoms in total. The minimum Gasteiger partial charge on any atom is -0.309 e. The average Bonchev–Trinajstić information content (AvgIpc) is 1.75. The first-order chi connectivity index (χ1) is 42.6. The van der Waals surface area contributed by atoms with E-state index in [0.29, 0.717) is 17.5 Å². The van der Waals surface area contributed by atoms with Gasteiger partial charge in [0.05, 0.1) is 39.1 Å². The van der Waals surface area contributed by atoms with Gasteiger partial charge in [-0.1, -0.05) is 224 Å². The van der Waals surface area contributed by atoms with Crippen LogP contribution in [0.25, 0.3) is 156 Å². The third kappa shape index (κ3) is 8.92. The van der Waals surface area contributed by atoms with Crippen LogP contribution in [-0.4, -0.2) is 29.1 Å². The Labute approximate surface area is 498 Å². The van der Waals surface area contributed by atoms with Gasteiger partial charge in [0.1, 0.15) is 0 Å². The molecule has 86 heavy (non-hydrogen) atoms. The Morgan fingerprint density at radius 3 is 0.953 bits per heavy atom. The number of nitrogens with zero attached hydrogens (tertiary/aromatic N) is 6. The molecule has 0 saturated carbocycles.